The molecule has 0 aromatic heterocycles. The molecule has 1 fully saturated rings. The summed E-state index contributed by atoms with van der Waals surface area (Å²) in [6, 6.07) is 10.2. The summed E-state index contributed by atoms with van der Waals surface area (Å²) >= 11 is 0. The second-order valence-corrected chi connectivity index (χ2v) is 5.18. The number of aliphatic hydroxyl groups excluding tert-OH is 1. The van der Waals surface area contributed by atoms with E-state index in [2.05, 4.69) is 18.3 Å². The number of benzene rings is 1. The van der Waals surface area contributed by atoms with Gasteiger partial charge in [-0.2, -0.15) is 5.26 Å². The normalized spacial score (nSPS) is 25.4. The molecule has 0 amide bonds. The van der Waals surface area contributed by atoms with Crippen molar-refractivity contribution in [1.29, 1.82) is 5.26 Å². The van der Waals surface area contributed by atoms with Gasteiger partial charge in [-0.3, -0.25) is 0 Å². The zero-order valence-electron chi connectivity index (χ0n) is 10.8. The van der Waals surface area contributed by atoms with Crippen molar-refractivity contribution in [2.45, 2.75) is 50.8 Å². The summed E-state index contributed by atoms with van der Waals surface area (Å²) in [6.45, 7) is 2.19. The van der Waals surface area contributed by atoms with Crippen molar-refractivity contribution in [2.24, 2.45) is 0 Å². The van der Waals surface area contributed by atoms with Crippen LogP contribution in [0.15, 0.2) is 24.3 Å². The van der Waals surface area contributed by atoms with Crippen molar-refractivity contribution >= 4 is 0 Å². The maximum atomic E-state index is 10.2. The van der Waals surface area contributed by atoms with Gasteiger partial charge in [-0.05, 0) is 43.9 Å². The molecule has 2 rings (SSSR count). The van der Waals surface area contributed by atoms with Gasteiger partial charge in [0.15, 0.2) is 0 Å². The first-order valence-electron chi connectivity index (χ1n) is 6.63. The molecule has 3 heteroatoms. The Morgan fingerprint density at radius 3 is 2.72 bits per heavy atom. The molecule has 18 heavy (non-hydrogen) atoms. The third-order valence-electron chi connectivity index (χ3n) is 3.64. The van der Waals surface area contributed by atoms with E-state index < -0.39 is 6.10 Å². The topological polar surface area (TPSA) is 56.0 Å². The van der Waals surface area contributed by atoms with Gasteiger partial charge in [-0.1, -0.05) is 18.6 Å². The molecule has 96 valence electrons. The minimum atomic E-state index is -0.444. The standard InChI is InChI=1S/C15H20N2O/c1-11-3-2-4-14(17-11)9-15(18)13-7-5-12(10-16)6-8-13/h5-8,11,14-15,17-18H,2-4,9H2,1H3. The Morgan fingerprint density at radius 1 is 1.39 bits per heavy atom. The van der Waals surface area contributed by atoms with E-state index in [9.17, 15) is 5.11 Å². The van der Waals surface area contributed by atoms with Crippen LogP contribution in [0.2, 0.25) is 0 Å². The number of rotatable bonds is 3. The van der Waals surface area contributed by atoms with Crippen LogP contribution in [0.3, 0.4) is 0 Å². The average Bonchev–Trinajstić information content (AvgIpc) is 2.39. The van der Waals surface area contributed by atoms with Crippen LogP contribution in [0.25, 0.3) is 0 Å². The first-order chi connectivity index (χ1) is 8.69. The molecule has 1 aliphatic heterocycles. The summed E-state index contributed by atoms with van der Waals surface area (Å²) < 4.78 is 0. The van der Waals surface area contributed by atoms with Crippen LogP contribution in [0.5, 0.6) is 0 Å². The Kier molecular flexibility index (Phi) is 4.35. The lowest BCUT2D eigenvalue weighted by Gasteiger charge is -2.30. The van der Waals surface area contributed by atoms with Crippen LogP contribution >= 0.6 is 0 Å². The maximum absolute atomic E-state index is 10.2. The van der Waals surface area contributed by atoms with Crippen molar-refractivity contribution in [3.05, 3.63) is 35.4 Å². The van der Waals surface area contributed by atoms with Gasteiger partial charge in [0.2, 0.25) is 0 Å². The Balaban J connectivity index is 1.94. The molecule has 1 heterocycles. The molecule has 3 unspecified atom stereocenters. The fourth-order valence-corrected chi connectivity index (χ4v) is 2.61. The number of nitrogens with zero attached hydrogens (tertiary/aromatic N) is 1. The summed E-state index contributed by atoms with van der Waals surface area (Å²) in [5, 5.41) is 22.5. The van der Waals surface area contributed by atoms with Gasteiger partial charge in [-0.25, -0.2) is 0 Å². The number of aliphatic hydroxyl groups is 1. The van der Waals surface area contributed by atoms with E-state index in [-0.39, 0.29) is 0 Å². The second-order valence-electron chi connectivity index (χ2n) is 5.18. The van der Waals surface area contributed by atoms with Gasteiger partial charge >= 0.3 is 0 Å². The van der Waals surface area contributed by atoms with Gasteiger partial charge in [0, 0.05) is 12.1 Å². The third-order valence-corrected chi connectivity index (χ3v) is 3.64. The van der Waals surface area contributed by atoms with Crippen molar-refractivity contribution < 1.29 is 5.11 Å². The van der Waals surface area contributed by atoms with Crippen LogP contribution in [0.1, 0.15) is 49.8 Å². The van der Waals surface area contributed by atoms with Gasteiger partial charge in [0.1, 0.15) is 0 Å². The van der Waals surface area contributed by atoms with Gasteiger partial charge in [0.25, 0.3) is 0 Å². The molecular formula is C15H20N2O. The molecule has 0 radical (unpaired) electrons. The van der Waals surface area contributed by atoms with E-state index in [1.54, 1.807) is 12.1 Å². The van der Waals surface area contributed by atoms with Crippen molar-refractivity contribution in [3.8, 4) is 6.07 Å². The van der Waals surface area contributed by atoms with E-state index in [1.807, 2.05) is 12.1 Å². The van der Waals surface area contributed by atoms with E-state index in [1.165, 1.54) is 12.8 Å². The molecule has 2 N–H and O–H groups in total. The highest BCUT2D eigenvalue weighted by molar-refractivity contribution is 5.32. The van der Waals surface area contributed by atoms with Crippen LogP contribution in [-0.4, -0.2) is 17.2 Å². The Hall–Kier alpha value is -1.37. The Bertz CT molecular complexity index is 421. The maximum Gasteiger partial charge on any atom is 0.0991 e. The van der Waals surface area contributed by atoms with E-state index >= 15 is 0 Å². The first-order valence-corrected chi connectivity index (χ1v) is 6.63. The molecule has 0 aliphatic carbocycles. The Morgan fingerprint density at radius 2 is 2.11 bits per heavy atom. The predicted octanol–water partition coefficient (Wildman–Crippen LogP) is 2.51. The monoisotopic (exact) mass is 244 g/mol. The molecule has 3 atom stereocenters. The molecule has 0 bridgehead atoms. The van der Waals surface area contributed by atoms with Gasteiger partial charge in [-0.15, -0.1) is 0 Å². The lowest BCUT2D eigenvalue weighted by atomic mass is 9.93. The SMILES string of the molecule is CC1CCCC(CC(O)c2ccc(C#N)cc2)N1. The fraction of sp³-hybridized carbons (Fsp3) is 0.533. The van der Waals surface area contributed by atoms with Crippen LogP contribution in [-0.2, 0) is 0 Å². The third kappa shape index (κ3) is 3.32. The fourth-order valence-electron chi connectivity index (χ4n) is 2.61. The zero-order valence-corrected chi connectivity index (χ0v) is 10.8. The molecule has 1 aromatic carbocycles. The highest BCUT2D eigenvalue weighted by Crippen LogP contribution is 2.23. The number of nitrogens with one attached hydrogen (secondary N) is 1. The molecule has 0 saturated carbocycles. The number of nitriles is 1. The smallest absolute Gasteiger partial charge is 0.0991 e. The number of hydrogen-bond donors (Lipinski definition) is 2. The van der Waals surface area contributed by atoms with Crippen molar-refractivity contribution in [2.75, 3.05) is 0 Å². The first kappa shape index (κ1) is 13.1. The van der Waals surface area contributed by atoms with E-state index in [0.717, 1.165) is 18.4 Å². The summed E-state index contributed by atoms with van der Waals surface area (Å²) in [6.07, 6.45) is 3.90. The number of piperidine rings is 1. The summed E-state index contributed by atoms with van der Waals surface area (Å²) in [7, 11) is 0. The van der Waals surface area contributed by atoms with Crippen molar-refractivity contribution in [3.63, 3.8) is 0 Å². The number of hydrogen-bond acceptors (Lipinski definition) is 3. The summed E-state index contributed by atoms with van der Waals surface area (Å²) in [4.78, 5) is 0. The van der Waals surface area contributed by atoms with Crippen LogP contribution < -0.4 is 5.32 Å². The molecule has 0 spiro atoms. The van der Waals surface area contributed by atoms with Gasteiger partial charge < -0.3 is 10.4 Å². The Labute approximate surface area is 108 Å². The zero-order chi connectivity index (χ0) is 13.0. The minimum absolute atomic E-state index is 0.402. The van der Waals surface area contributed by atoms with Crippen LogP contribution in [0.4, 0.5) is 0 Å². The quantitative estimate of drug-likeness (QED) is 0.859. The van der Waals surface area contributed by atoms with E-state index in [0.29, 0.717) is 17.6 Å². The average molecular weight is 244 g/mol. The summed E-state index contributed by atoms with van der Waals surface area (Å²) in [5.41, 5.74) is 1.53. The molecule has 1 saturated heterocycles. The molecular weight excluding hydrogens is 224 g/mol. The summed E-state index contributed by atoms with van der Waals surface area (Å²) in [5.74, 6) is 0. The molecule has 3 nitrogen and oxygen atoms in total. The van der Waals surface area contributed by atoms with Crippen LogP contribution in [0, 0.1) is 11.3 Å². The lowest BCUT2D eigenvalue weighted by molar-refractivity contribution is 0.139. The minimum Gasteiger partial charge on any atom is -0.388 e. The molecule has 1 aromatic rings. The highest BCUT2D eigenvalue weighted by Gasteiger charge is 2.21. The molecule has 1 aliphatic rings. The second kappa shape index (κ2) is 5.99. The lowest BCUT2D eigenvalue weighted by Crippen LogP contribution is -2.41. The highest BCUT2D eigenvalue weighted by atomic mass is 16.3. The van der Waals surface area contributed by atoms with Gasteiger partial charge in [0.05, 0.1) is 17.7 Å². The van der Waals surface area contributed by atoms with E-state index in [4.69, 9.17) is 5.26 Å². The largest absolute Gasteiger partial charge is 0.388 e. The van der Waals surface area contributed by atoms with Crippen molar-refractivity contribution in [1.82, 2.24) is 5.32 Å². The predicted molar refractivity (Wildman–Crippen MR) is 71.0 cm³/mol.